The molecule has 2 amide bonds. The molecular formula is C15H21N5O3S. The Bertz CT molecular complexity index is 833. The van der Waals surface area contributed by atoms with E-state index in [1.54, 1.807) is 6.20 Å². The van der Waals surface area contributed by atoms with Crippen LogP contribution in [0.4, 0.5) is 10.5 Å². The minimum Gasteiger partial charge on any atom is -0.338 e. The lowest BCUT2D eigenvalue weighted by molar-refractivity contribution is 0.239. The van der Waals surface area contributed by atoms with Gasteiger partial charge in [0.25, 0.3) is 0 Å². The third-order valence-corrected chi connectivity index (χ3v) is 5.47. The minimum atomic E-state index is -3.17. The molecule has 3 N–H and O–H groups in total. The molecule has 2 aromatic rings. The largest absolute Gasteiger partial charge is 0.338 e. The number of carbonyl (C=O) groups is 1. The number of piperidine rings is 1. The molecule has 1 fully saturated rings. The van der Waals surface area contributed by atoms with E-state index in [1.807, 2.05) is 18.2 Å². The molecule has 0 radical (unpaired) electrons. The molecule has 2 heterocycles. The Balaban J connectivity index is 1.51. The number of fused-ring (bicyclic) bond motifs is 1. The molecule has 0 unspecified atom stereocenters. The Hall–Kier alpha value is -2.13. The molecule has 1 aliphatic rings. The topological polar surface area (TPSA) is 107 Å². The van der Waals surface area contributed by atoms with E-state index < -0.39 is 10.0 Å². The van der Waals surface area contributed by atoms with Crippen molar-refractivity contribution < 1.29 is 13.2 Å². The second-order valence-electron chi connectivity index (χ2n) is 6.14. The van der Waals surface area contributed by atoms with E-state index in [4.69, 9.17) is 0 Å². The molecule has 0 bridgehead atoms. The average molecular weight is 351 g/mol. The second-order valence-corrected chi connectivity index (χ2v) is 8.12. The van der Waals surface area contributed by atoms with E-state index >= 15 is 0 Å². The van der Waals surface area contributed by atoms with E-state index in [-0.39, 0.29) is 11.9 Å². The van der Waals surface area contributed by atoms with Crippen molar-refractivity contribution >= 4 is 32.6 Å². The van der Waals surface area contributed by atoms with Crippen LogP contribution in [0.15, 0.2) is 24.4 Å². The van der Waals surface area contributed by atoms with Crippen molar-refractivity contribution in [2.24, 2.45) is 5.92 Å². The van der Waals surface area contributed by atoms with Crippen molar-refractivity contribution in [2.75, 3.05) is 31.2 Å². The van der Waals surface area contributed by atoms with E-state index in [1.165, 1.54) is 10.6 Å². The van der Waals surface area contributed by atoms with Crippen molar-refractivity contribution in [3.63, 3.8) is 0 Å². The zero-order chi connectivity index (χ0) is 17.2. The maximum absolute atomic E-state index is 12.0. The number of aromatic nitrogens is 2. The molecule has 9 heteroatoms. The molecule has 1 saturated heterocycles. The lowest BCUT2D eigenvalue weighted by Gasteiger charge is -2.30. The Morgan fingerprint density at radius 2 is 2.29 bits per heavy atom. The molecule has 1 aromatic heterocycles. The summed E-state index contributed by atoms with van der Waals surface area (Å²) < 4.78 is 24.7. The summed E-state index contributed by atoms with van der Waals surface area (Å²) in [5.41, 5.74) is 1.52. The van der Waals surface area contributed by atoms with Gasteiger partial charge in [0.15, 0.2) is 0 Å². The predicted molar refractivity (Wildman–Crippen MR) is 92.3 cm³/mol. The van der Waals surface area contributed by atoms with E-state index in [0.29, 0.717) is 25.3 Å². The summed E-state index contributed by atoms with van der Waals surface area (Å²) in [7, 11) is -3.17. The highest BCUT2D eigenvalue weighted by atomic mass is 32.2. The van der Waals surface area contributed by atoms with Gasteiger partial charge in [-0.15, -0.1) is 0 Å². The first-order chi connectivity index (χ1) is 11.4. The van der Waals surface area contributed by atoms with Crippen LogP contribution in [0.3, 0.4) is 0 Å². The van der Waals surface area contributed by atoms with Crippen molar-refractivity contribution in [1.29, 1.82) is 0 Å². The number of hydrogen-bond donors (Lipinski definition) is 3. The summed E-state index contributed by atoms with van der Waals surface area (Å²) in [4.78, 5) is 12.0. The number of carbonyl (C=O) groups excluding carboxylic acids is 1. The highest BCUT2D eigenvalue weighted by molar-refractivity contribution is 7.88. The minimum absolute atomic E-state index is 0.134. The van der Waals surface area contributed by atoms with Gasteiger partial charge in [0.05, 0.1) is 18.0 Å². The van der Waals surface area contributed by atoms with Gasteiger partial charge in [0, 0.05) is 30.7 Å². The van der Waals surface area contributed by atoms with Crippen LogP contribution >= 0.6 is 0 Å². The third kappa shape index (κ3) is 4.04. The van der Waals surface area contributed by atoms with Crippen LogP contribution in [0.2, 0.25) is 0 Å². The van der Waals surface area contributed by atoms with Gasteiger partial charge in [-0.25, -0.2) is 17.5 Å². The van der Waals surface area contributed by atoms with Crippen LogP contribution in [0.5, 0.6) is 0 Å². The van der Waals surface area contributed by atoms with Gasteiger partial charge in [0.1, 0.15) is 0 Å². The number of H-pyrrole nitrogens is 1. The first-order valence-electron chi connectivity index (χ1n) is 7.85. The number of nitrogens with one attached hydrogen (secondary N) is 3. The number of hydrogen-bond acceptors (Lipinski definition) is 4. The van der Waals surface area contributed by atoms with Crippen molar-refractivity contribution in [1.82, 2.24) is 19.8 Å². The van der Waals surface area contributed by atoms with E-state index in [0.717, 1.165) is 23.7 Å². The first-order valence-corrected chi connectivity index (χ1v) is 9.70. The Morgan fingerprint density at radius 3 is 3.08 bits per heavy atom. The van der Waals surface area contributed by atoms with Crippen molar-refractivity contribution in [2.45, 2.75) is 12.8 Å². The molecule has 0 saturated carbocycles. The van der Waals surface area contributed by atoms with Gasteiger partial charge in [-0.2, -0.15) is 5.10 Å². The lowest BCUT2D eigenvalue weighted by Crippen LogP contribution is -2.43. The number of amides is 2. The van der Waals surface area contributed by atoms with Crippen LogP contribution < -0.4 is 10.6 Å². The van der Waals surface area contributed by atoms with E-state index in [9.17, 15) is 13.2 Å². The SMILES string of the molecule is CS(=O)(=O)N1CCC[C@H](CNC(=O)Nc2ccc3cn[nH]c3c2)C1. The molecule has 0 spiro atoms. The summed E-state index contributed by atoms with van der Waals surface area (Å²) in [6.45, 7) is 1.47. The third-order valence-electron chi connectivity index (χ3n) is 4.20. The molecule has 8 nitrogen and oxygen atoms in total. The molecule has 24 heavy (non-hydrogen) atoms. The van der Waals surface area contributed by atoms with Crippen molar-refractivity contribution in [3.8, 4) is 0 Å². The molecule has 1 aromatic carbocycles. The van der Waals surface area contributed by atoms with Crippen LogP contribution in [0.1, 0.15) is 12.8 Å². The Morgan fingerprint density at radius 1 is 1.46 bits per heavy atom. The smallest absolute Gasteiger partial charge is 0.319 e. The average Bonchev–Trinajstić information content (AvgIpc) is 3.00. The number of nitrogens with zero attached hydrogens (tertiary/aromatic N) is 2. The normalized spacial score (nSPS) is 19.3. The highest BCUT2D eigenvalue weighted by Crippen LogP contribution is 2.18. The quantitative estimate of drug-likeness (QED) is 0.773. The Kier molecular flexibility index (Phi) is 4.72. The molecule has 130 valence electrons. The fourth-order valence-corrected chi connectivity index (χ4v) is 3.86. The molecule has 0 aliphatic carbocycles. The van der Waals surface area contributed by atoms with Gasteiger partial charge in [0.2, 0.25) is 10.0 Å². The number of sulfonamides is 1. The fraction of sp³-hybridized carbons (Fsp3) is 0.467. The standard InChI is InChI=1S/C15H21N5O3S/c1-24(22,23)20-6-2-3-11(10-20)8-16-15(21)18-13-5-4-12-9-17-19-14(12)7-13/h4-5,7,9,11H,2-3,6,8,10H2,1H3,(H,17,19)(H2,16,18,21)/t11-/m1/s1. The number of anilines is 1. The number of rotatable bonds is 4. The maximum atomic E-state index is 12.0. The molecule has 1 atom stereocenters. The van der Waals surface area contributed by atoms with Crippen LogP contribution in [0, 0.1) is 5.92 Å². The summed E-state index contributed by atoms with van der Waals surface area (Å²) in [6.07, 6.45) is 4.67. The summed E-state index contributed by atoms with van der Waals surface area (Å²) >= 11 is 0. The summed E-state index contributed by atoms with van der Waals surface area (Å²) in [5, 5.41) is 13.4. The van der Waals surface area contributed by atoms with Crippen LogP contribution in [-0.2, 0) is 10.0 Å². The molecule has 3 rings (SSSR count). The van der Waals surface area contributed by atoms with Gasteiger partial charge >= 0.3 is 6.03 Å². The maximum Gasteiger partial charge on any atom is 0.319 e. The lowest BCUT2D eigenvalue weighted by atomic mass is 10.00. The van der Waals surface area contributed by atoms with Gasteiger partial charge in [-0.05, 0) is 37.0 Å². The summed E-state index contributed by atoms with van der Waals surface area (Å²) in [5.74, 6) is 0.134. The number of aromatic amines is 1. The zero-order valence-electron chi connectivity index (χ0n) is 13.4. The van der Waals surface area contributed by atoms with Gasteiger partial charge in [-0.1, -0.05) is 0 Å². The van der Waals surface area contributed by atoms with Crippen molar-refractivity contribution in [3.05, 3.63) is 24.4 Å². The number of benzene rings is 1. The van der Waals surface area contributed by atoms with E-state index in [2.05, 4.69) is 20.8 Å². The highest BCUT2D eigenvalue weighted by Gasteiger charge is 2.25. The van der Waals surface area contributed by atoms with Crippen LogP contribution in [-0.4, -0.2) is 54.8 Å². The Labute approximate surface area is 140 Å². The second kappa shape index (κ2) is 6.78. The number of urea groups is 1. The first kappa shape index (κ1) is 16.7. The monoisotopic (exact) mass is 351 g/mol. The molecular weight excluding hydrogens is 330 g/mol. The zero-order valence-corrected chi connectivity index (χ0v) is 14.3. The van der Waals surface area contributed by atoms with Gasteiger partial charge in [-0.3, -0.25) is 5.10 Å². The summed E-state index contributed by atoms with van der Waals surface area (Å²) in [6, 6.07) is 5.20. The fourth-order valence-electron chi connectivity index (χ4n) is 2.92. The van der Waals surface area contributed by atoms with Crippen LogP contribution in [0.25, 0.3) is 10.9 Å². The molecule has 1 aliphatic heterocycles. The predicted octanol–water partition coefficient (Wildman–Crippen LogP) is 1.36. The van der Waals surface area contributed by atoms with Gasteiger partial charge < -0.3 is 10.6 Å².